The minimum absolute atomic E-state index is 0.0108. The van der Waals surface area contributed by atoms with E-state index in [1.807, 2.05) is 54.3 Å². The molecule has 0 saturated carbocycles. The number of aromatic nitrogens is 2. The van der Waals surface area contributed by atoms with E-state index in [4.69, 9.17) is 9.47 Å². The van der Waals surface area contributed by atoms with E-state index in [9.17, 15) is 4.79 Å². The maximum absolute atomic E-state index is 13.2. The van der Waals surface area contributed by atoms with Gasteiger partial charge in [-0.25, -0.2) is 9.97 Å². The number of hydrogen-bond acceptors (Lipinski definition) is 6. The molecule has 0 N–H and O–H groups in total. The summed E-state index contributed by atoms with van der Waals surface area (Å²) in [5.74, 6) is 2.46. The SMILES string of the molecule is COc1ccc(-c2cc(N3CCN(C(=O)C(C)Oc4ccc(C)cc4C(C)(C)C)CC3)ncn2)cc1. The van der Waals surface area contributed by atoms with Gasteiger partial charge in [0.15, 0.2) is 6.10 Å². The van der Waals surface area contributed by atoms with Gasteiger partial charge in [-0.3, -0.25) is 4.79 Å². The van der Waals surface area contributed by atoms with E-state index in [1.165, 1.54) is 5.56 Å². The minimum atomic E-state index is -0.555. The number of ether oxygens (including phenoxy) is 2. The molecule has 7 heteroatoms. The Labute approximate surface area is 214 Å². The highest BCUT2D eigenvalue weighted by Gasteiger charge is 2.28. The maximum atomic E-state index is 13.2. The van der Waals surface area contributed by atoms with Gasteiger partial charge in [-0.2, -0.15) is 0 Å². The van der Waals surface area contributed by atoms with Crippen molar-refractivity contribution < 1.29 is 14.3 Å². The molecule has 4 rings (SSSR count). The highest BCUT2D eigenvalue weighted by Crippen LogP contribution is 2.33. The van der Waals surface area contributed by atoms with Crippen LogP contribution >= 0.6 is 0 Å². The normalized spacial score (nSPS) is 14.9. The smallest absolute Gasteiger partial charge is 0.263 e. The molecule has 1 aliphatic rings. The Balaban J connectivity index is 1.39. The van der Waals surface area contributed by atoms with Crippen molar-refractivity contribution in [3.8, 4) is 22.8 Å². The summed E-state index contributed by atoms with van der Waals surface area (Å²) in [4.78, 5) is 26.2. The third kappa shape index (κ3) is 5.78. The molecule has 0 radical (unpaired) electrons. The van der Waals surface area contributed by atoms with Gasteiger partial charge in [0.2, 0.25) is 0 Å². The monoisotopic (exact) mass is 488 g/mol. The van der Waals surface area contributed by atoms with Crippen LogP contribution < -0.4 is 14.4 Å². The van der Waals surface area contributed by atoms with Gasteiger partial charge in [0.25, 0.3) is 5.91 Å². The maximum Gasteiger partial charge on any atom is 0.263 e. The zero-order chi connectivity index (χ0) is 25.9. The van der Waals surface area contributed by atoms with Crippen LogP contribution in [0.5, 0.6) is 11.5 Å². The first kappa shape index (κ1) is 25.5. The van der Waals surface area contributed by atoms with Crippen molar-refractivity contribution in [2.45, 2.75) is 46.1 Å². The lowest BCUT2D eigenvalue weighted by Gasteiger charge is -2.36. The lowest BCUT2D eigenvalue weighted by molar-refractivity contribution is -0.138. The summed E-state index contributed by atoms with van der Waals surface area (Å²) in [6.07, 6.45) is 1.04. The van der Waals surface area contributed by atoms with Crippen molar-refractivity contribution in [3.63, 3.8) is 0 Å². The quantitative estimate of drug-likeness (QED) is 0.493. The summed E-state index contributed by atoms with van der Waals surface area (Å²) in [7, 11) is 1.65. The second-order valence-electron chi connectivity index (χ2n) is 10.3. The molecule has 3 aromatic rings. The molecular weight excluding hydrogens is 452 g/mol. The fourth-order valence-corrected chi connectivity index (χ4v) is 4.43. The molecule has 2 heterocycles. The van der Waals surface area contributed by atoms with Crippen molar-refractivity contribution >= 4 is 11.7 Å². The Kier molecular flexibility index (Phi) is 7.48. The largest absolute Gasteiger partial charge is 0.497 e. The van der Waals surface area contributed by atoms with E-state index >= 15 is 0 Å². The van der Waals surface area contributed by atoms with Crippen molar-refractivity contribution in [3.05, 3.63) is 66.0 Å². The molecule has 1 fully saturated rings. The molecule has 1 saturated heterocycles. The number of carbonyl (C=O) groups is 1. The average Bonchev–Trinajstić information content (AvgIpc) is 2.89. The molecular formula is C29H36N4O3. The van der Waals surface area contributed by atoms with Crippen molar-refractivity contribution in [1.29, 1.82) is 0 Å². The number of rotatable bonds is 6. The van der Waals surface area contributed by atoms with Crippen LogP contribution in [-0.2, 0) is 10.2 Å². The second-order valence-corrected chi connectivity index (χ2v) is 10.3. The molecule has 7 nitrogen and oxygen atoms in total. The average molecular weight is 489 g/mol. The molecule has 1 unspecified atom stereocenters. The number of benzene rings is 2. The summed E-state index contributed by atoms with van der Waals surface area (Å²) in [5, 5.41) is 0. The fourth-order valence-electron chi connectivity index (χ4n) is 4.43. The highest BCUT2D eigenvalue weighted by atomic mass is 16.5. The number of hydrogen-bond donors (Lipinski definition) is 0. The van der Waals surface area contributed by atoms with Gasteiger partial charge >= 0.3 is 0 Å². The summed E-state index contributed by atoms with van der Waals surface area (Å²) in [5.41, 5.74) is 4.09. The molecule has 1 amide bonds. The lowest BCUT2D eigenvalue weighted by atomic mass is 9.85. The summed E-state index contributed by atoms with van der Waals surface area (Å²) in [6, 6.07) is 16.0. The zero-order valence-corrected chi connectivity index (χ0v) is 22.1. The first-order valence-electron chi connectivity index (χ1n) is 12.4. The Morgan fingerprint density at radius 1 is 0.972 bits per heavy atom. The lowest BCUT2D eigenvalue weighted by Crippen LogP contribution is -2.52. The number of nitrogens with zero attached hydrogens (tertiary/aromatic N) is 4. The zero-order valence-electron chi connectivity index (χ0n) is 22.1. The number of amides is 1. The first-order chi connectivity index (χ1) is 17.2. The van der Waals surface area contributed by atoms with Gasteiger partial charge in [-0.15, -0.1) is 0 Å². The van der Waals surface area contributed by atoms with Crippen molar-refractivity contribution in [2.24, 2.45) is 0 Å². The Morgan fingerprint density at radius 3 is 2.31 bits per heavy atom. The Hall–Kier alpha value is -3.61. The third-order valence-electron chi connectivity index (χ3n) is 6.55. The van der Waals surface area contributed by atoms with Crippen LogP contribution in [0.3, 0.4) is 0 Å². The molecule has 190 valence electrons. The van der Waals surface area contributed by atoms with Crippen molar-refractivity contribution in [1.82, 2.24) is 14.9 Å². The third-order valence-corrected chi connectivity index (χ3v) is 6.55. The van der Waals surface area contributed by atoms with Crippen LogP contribution in [0.25, 0.3) is 11.3 Å². The van der Waals surface area contributed by atoms with Crippen LogP contribution in [-0.4, -0.2) is 60.2 Å². The number of anilines is 1. The molecule has 1 atom stereocenters. The predicted molar refractivity (Wildman–Crippen MR) is 143 cm³/mol. The van der Waals surface area contributed by atoms with Crippen LogP contribution in [0, 0.1) is 6.92 Å². The van der Waals surface area contributed by atoms with Crippen LogP contribution in [0.15, 0.2) is 54.9 Å². The van der Waals surface area contributed by atoms with Gasteiger partial charge in [0, 0.05) is 37.8 Å². The van der Waals surface area contributed by atoms with Gasteiger partial charge in [-0.1, -0.05) is 38.5 Å². The van der Waals surface area contributed by atoms with E-state index < -0.39 is 6.10 Å². The Bertz CT molecular complexity index is 1200. The van der Waals surface area contributed by atoms with E-state index in [1.54, 1.807) is 13.4 Å². The number of aryl methyl sites for hydroxylation is 1. The molecule has 1 aromatic heterocycles. The van der Waals surface area contributed by atoms with E-state index in [-0.39, 0.29) is 11.3 Å². The Morgan fingerprint density at radius 2 is 1.67 bits per heavy atom. The first-order valence-corrected chi connectivity index (χ1v) is 12.4. The number of piperazine rings is 1. The van der Waals surface area contributed by atoms with E-state index in [2.05, 4.69) is 48.6 Å². The van der Waals surface area contributed by atoms with Gasteiger partial charge in [-0.05, 0) is 55.2 Å². The van der Waals surface area contributed by atoms with E-state index in [0.717, 1.165) is 34.1 Å². The van der Waals surface area contributed by atoms with Crippen LogP contribution in [0.1, 0.15) is 38.8 Å². The van der Waals surface area contributed by atoms with Gasteiger partial charge < -0.3 is 19.3 Å². The number of methoxy groups -OCH3 is 1. The standard InChI is InChI=1S/C29H36N4O3/c1-20-7-12-26(24(17-20)29(3,4)5)36-21(2)28(34)33-15-13-32(14-16-33)27-18-25(30-19-31-27)22-8-10-23(35-6)11-9-22/h7-12,17-19,21H,13-16H2,1-6H3. The number of carbonyl (C=O) groups excluding carboxylic acids is 1. The summed E-state index contributed by atoms with van der Waals surface area (Å²) < 4.78 is 11.4. The molecule has 1 aliphatic heterocycles. The fraction of sp³-hybridized carbons (Fsp3) is 0.414. The highest BCUT2D eigenvalue weighted by molar-refractivity contribution is 5.81. The molecule has 0 aliphatic carbocycles. The predicted octanol–water partition coefficient (Wildman–Crippen LogP) is 4.87. The van der Waals surface area contributed by atoms with Gasteiger partial charge in [0.1, 0.15) is 23.6 Å². The molecule has 36 heavy (non-hydrogen) atoms. The van der Waals surface area contributed by atoms with Crippen LogP contribution in [0.2, 0.25) is 0 Å². The van der Waals surface area contributed by atoms with Crippen LogP contribution in [0.4, 0.5) is 5.82 Å². The summed E-state index contributed by atoms with van der Waals surface area (Å²) >= 11 is 0. The summed E-state index contributed by atoms with van der Waals surface area (Å²) in [6.45, 7) is 13.0. The second kappa shape index (κ2) is 10.6. The van der Waals surface area contributed by atoms with E-state index in [0.29, 0.717) is 26.2 Å². The van der Waals surface area contributed by atoms with Gasteiger partial charge in [0.05, 0.1) is 12.8 Å². The topological polar surface area (TPSA) is 67.8 Å². The minimum Gasteiger partial charge on any atom is -0.497 e. The molecule has 2 aromatic carbocycles. The molecule has 0 bridgehead atoms. The molecule has 0 spiro atoms. The van der Waals surface area contributed by atoms with Crippen molar-refractivity contribution in [2.75, 3.05) is 38.2 Å².